The van der Waals surface area contributed by atoms with Gasteiger partial charge in [-0.1, -0.05) is 36.4 Å². The first kappa shape index (κ1) is 18.9. The molecule has 5 rings (SSSR count). The predicted octanol–water partition coefficient (Wildman–Crippen LogP) is 3.36. The van der Waals surface area contributed by atoms with Gasteiger partial charge in [-0.25, -0.2) is 4.98 Å². The molecule has 3 heterocycles. The molecule has 0 N–H and O–H groups in total. The van der Waals surface area contributed by atoms with E-state index in [4.69, 9.17) is 4.42 Å². The summed E-state index contributed by atoms with van der Waals surface area (Å²) in [4.78, 5) is 33.7. The number of aromatic nitrogens is 1. The number of para-hydroxylation sites is 2. The van der Waals surface area contributed by atoms with Crippen LogP contribution in [0.3, 0.4) is 0 Å². The fraction of sp³-hybridized carbons (Fsp3) is 0.375. The molecule has 0 saturated carbocycles. The van der Waals surface area contributed by atoms with E-state index in [1.54, 1.807) is 6.92 Å². The van der Waals surface area contributed by atoms with E-state index in [1.807, 2.05) is 46.2 Å². The lowest BCUT2D eigenvalue weighted by Gasteiger charge is -2.30. The van der Waals surface area contributed by atoms with Gasteiger partial charge in [-0.2, -0.15) is 0 Å². The molecule has 1 aromatic heterocycles. The number of amides is 2. The van der Waals surface area contributed by atoms with Crippen LogP contribution in [-0.4, -0.2) is 46.2 Å². The zero-order valence-corrected chi connectivity index (χ0v) is 17.2. The van der Waals surface area contributed by atoms with Gasteiger partial charge in [0.25, 0.3) is 0 Å². The van der Waals surface area contributed by atoms with E-state index in [9.17, 15) is 9.59 Å². The maximum absolute atomic E-state index is 13.0. The Labute approximate surface area is 175 Å². The van der Waals surface area contributed by atoms with Crippen LogP contribution in [0.4, 0.5) is 0 Å². The van der Waals surface area contributed by atoms with E-state index in [0.29, 0.717) is 37.0 Å². The largest absolute Gasteiger partial charge is 0.440 e. The zero-order valence-electron chi connectivity index (χ0n) is 17.2. The topological polar surface area (TPSA) is 66.7 Å². The van der Waals surface area contributed by atoms with Gasteiger partial charge in [-0.05, 0) is 30.2 Å². The highest BCUT2D eigenvalue weighted by atomic mass is 16.3. The molecule has 3 aromatic rings. The zero-order chi connectivity index (χ0) is 20.8. The molecule has 2 saturated heterocycles. The number of likely N-dealkylation sites (tertiary alicyclic amines) is 2. The van der Waals surface area contributed by atoms with Gasteiger partial charge in [0, 0.05) is 38.4 Å². The highest BCUT2D eigenvalue weighted by Crippen LogP contribution is 2.45. The minimum Gasteiger partial charge on any atom is -0.440 e. The number of oxazole rings is 1. The Morgan fingerprint density at radius 1 is 1.07 bits per heavy atom. The summed E-state index contributed by atoms with van der Waals surface area (Å²) in [5.41, 5.74) is 3.85. The van der Waals surface area contributed by atoms with E-state index >= 15 is 0 Å². The molecular formula is C24H25N3O3. The first-order valence-corrected chi connectivity index (χ1v) is 10.5. The number of benzene rings is 2. The average Bonchev–Trinajstić information content (AvgIpc) is 3.40. The standard InChI is InChI=1S/C24H25N3O3/c1-15-7-3-4-8-18(15)24-19-14-26(12-17(19)13-27(24)16(2)28)23(29)11-22-25-20-9-5-6-10-21(20)30-22/h3-10,17,19,24H,11-14H2,1-2H3/t17-,19-,24-/m1/s1. The minimum absolute atomic E-state index is 0.0239. The second-order valence-corrected chi connectivity index (χ2v) is 8.45. The van der Waals surface area contributed by atoms with Crippen LogP contribution in [0, 0.1) is 18.8 Å². The lowest BCUT2D eigenvalue weighted by atomic mass is 9.87. The van der Waals surface area contributed by atoms with Gasteiger partial charge in [0.05, 0.1) is 6.04 Å². The van der Waals surface area contributed by atoms with Crippen molar-refractivity contribution in [3.63, 3.8) is 0 Å². The number of hydrogen-bond acceptors (Lipinski definition) is 4. The smallest absolute Gasteiger partial charge is 0.231 e. The molecular weight excluding hydrogens is 378 g/mol. The second kappa shape index (κ2) is 7.27. The third-order valence-electron chi connectivity index (χ3n) is 6.57. The lowest BCUT2D eigenvalue weighted by Crippen LogP contribution is -2.37. The summed E-state index contributed by atoms with van der Waals surface area (Å²) in [6.07, 6.45) is 0.166. The first-order chi connectivity index (χ1) is 14.5. The Balaban J connectivity index is 1.35. The van der Waals surface area contributed by atoms with Gasteiger partial charge >= 0.3 is 0 Å². The highest BCUT2D eigenvalue weighted by molar-refractivity contribution is 5.80. The quantitative estimate of drug-likeness (QED) is 0.673. The summed E-state index contributed by atoms with van der Waals surface area (Å²) in [7, 11) is 0. The number of carbonyl (C=O) groups excluding carboxylic acids is 2. The highest BCUT2D eigenvalue weighted by Gasteiger charge is 2.49. The minimum atomic E-state index is 0.0239. The van der Waals surface area contributed by atoms with Gasteiger partial charge in [0.2, 0.25) is 17.7 Å². The molecule has 3 atom stereocenters. The van der Waals surface area contributed by atoms with E-state index in [-0.39, 0.29) is 30.2 Å². The molecule has 0 radical (unpaired) electrons. The van der Waals surface area contributed by atoms with Crippen LogP contribution in [0.25, 0.3) is 11.1 Å². The molecule has 0 aliphatic carbocycles. The molecule has 2 aromatic carbocycles. The maximum Gasteiger partial charge on any atom is 0.231 e. The fourth-order valence-corrected chi connectivity index (χ4v) is 5.13. The summed E-state index contributed by atoms with van der Waals surface area (Å²) >= 11 is 0. The summed E-state index contributed by atoms with van der Waals surface area (Å²) < 4.78 is 5.74. The number of nitrogens with zero attached hydrogens (tertiary/aromatic N) is 3. The van der Waals surface area contributed by atoms with Crippen molar-refractivity contribution in [1.29, 1.82) is 0 Å². The summed E-state index contributed by atoms with van der Waals surface area (Å²) in [5.74, 6) is 1.14. The molecule has 6 nitrogen and oxygen atoms in total. The van der Waals surface area contributed by atoms with Gasteiger partial charge in [0.15, 0.2) is 5.58 Å². The van der Waals surface area contributed by atoms with Gasteiger partial charge in [-0.3, -0.25) is 9.59 Å². The fourth-order valence-electron chi connectivity index (χ4n) is 5.13. The Bertz CT molecular complexity index is 1090. The Morgan fingerprint density at radius 2 is 1.83 bits per heavy atom. The van der Waals surface area contributed by atoms with Crippen LogP contribution < -0.4 is 0 Å². The van der Waals surface area contributed by atoms with Crippen molar-refractivity contribution in [1.82, 2.24) is 14.8 Å². The van der Waals surface area contributed by atoms with Crippen molar-refractivity contribution in [2.24, 2.45) is 11.8 Å². The van der Waals surface area contributed by atoms with Crippen LogP contribution in [0.2, 0.25) is 0 Å². The molecule has 0 spiro atoms. The Hall–Kier alpha value is -3.15. The van der Waals surface area contributed by atoms with Crippen molar-refractivity contribution < 1.29 is 14.0 Å². The van der Waals surface area contributed by atoms with Crippen LogP contribution >= 0.6 is 0 Å². The molecule has 30 heavy (non-hydrogen) atoms. The maximum atomic E-state index is 13.0. The van der Waals surface area contributed by atoms with Crippen LogP contribution in [0.5, 0.6) is 0 Å². The monoisotopic (exact) mass is 403 g/mol. The van der Waals surface area contributed by atoms with E-state index in [2.05, 4.69) is 24.0 Å². The second-order valence-electron chi connectivity index (χ2n) is 8.45. The molecule has 6 heteroatoms. The van der Waals surface area contributed by atoms with Gasteiger partial charge in [0.1, 0.15) is 11.9 Å². The first-order valence-electron chi connectivity index (χ1n) is 10.5. The third kappa shape index (κ3) is 3.16. The molecule has 2 fully saturated rings. The van der Waals surface area contributed by atoms with Gasteiger partial charge in [-0.15, -0.1) is 0 Å². The summed E-state index contributed by atoms with van der Waals surface area (Å²) in [5, 5.41) is 0. The van der Waals surface area contributed by atoms with Crippen LogP contribution in [0.15, 0.2) is 52.9 Å². The van der Waals surface area contributed by atoms with Crippen molar-refractivity contribution in [2.75, 3.05) is 19.6 Å². The molecule has 2 amide bonds. The molecule has 0 bridgehead atoms. The number of fused-ring (bicyclic) bond motifs is 2. The number of hydrogen-bond donors (Lipinski definition) is 0. The number of rotatable bonds is 3. The predicted molar refractivity (Wildman–Crippen MR) is 113 cm³/mol. The Morgan fingerprint density at radius 3 is 2.60 bits per heavy atom. The lowest BCUT2D eigenvalue weighted by molar-refractivity contribution is -0.131. The third-order valence-corrected chi connectivity index (χ3v) is 6.57. The van der Waals surface area contributed by atoms with Crippen LogP contribution in [-0.2, 0) is 16.0 Å². The average molecular weight is 403 g/mol. The number of carbonyl (C=O) groups is 2. The molecule has 154 valence electrons. The van der Waals surface area contributed by atoms with Crippen molar-refractivity contribution >= 4 is 22.9 Å². The SMILES string of the molecule is CC(=O)N1C[C@H]2CN(C(=O)Cc3nc4ccccc4o3)C[C@H]2[C@H]1c1ccccc1C. The van der Waals surface area contributed by atoms with Crippen LogP contribution in [0.1, 0.15) is 30.0 Å². The van der Waals surface area contributed by atoms with Crippen molar-refractivity contribution in [3.05, 3.63) is 65.5 Å². The Kier molecular flexibility index (Phi) is 4.57. The molecule has 0 unspecified atom stereocenters. The summed E-state index contributed by atoms with van der Waals surface area (Å²) in [6, 6.07) is 15.8. The number of aryl methyl sites for hydroxylation is 1. The molecule has 2 aliphatic rings. The van der Waals surface area contributed by atoms with E-state index < -0.39 is 0 Å². The summed E-state index contributed by atoms with van der Waals surface area (Å²) in [6.45, 7) is 5.77. The van der Waals surface area contributed by atoms with Gasteiger partial charge < -0.3 is 14.2 Å². The van der Waals surface area contributed by atoms with Crippen molar-refractivity contribution in [3.8, 4) is 0 Å². The van der Waals surface area contributed by atoms with E-state index in [1.165, 1.54) is 11.1 Å². The van der Waals surface area contributed by atoms with E-state index in [0.717, 1.165) is 5.52 Å². The molecule has 2 aliphatic heterocycles. The normalized spacial score (nSPS) is 23.2. The van der Waals surface area contributed by atoms with Crippen molar-refractivity contribution in [2.45, 2.75) is 26.3 Å².